The van der Waals surface area contributed by atoms with Gasteiger partial charge in [0.25, 0.3) is 0 Å². The minimum atomic E-state index is -4.16. The Morgan fingerprint density at radius 3 is 2.86 bits per heavy atom. The van der Waals surface area contributed by atoms with Crippen molar-refractivity contribution in [3.8, 4) is 0 Å². The molecule has 0 bridgehead atoms. The van der Waals surface area contributed by atoms with E-state index in [1.165, 1.54) is 4.90 Å². The zero-order chi connectivity index (χ0) is 15.5. The first-order chi connectivity index (χ1) is 9.86. The Labute approximate surface area is 126 Å². The first kappa shape index (κ1) is 16.1. The van der Waals surface area contributed by atoms with E-state index in [1.54, 1.807) is 18.4 Å². The predicted molar refractivity (Wildman–Crippen MR) is 76.1 cm³/mol. The highest BCUT2D eigenvalue weighted by molar-refractivity contribution is 7.07. The number of carbonyl (C=O) groups is 1. The number of amides is 2. The van der Waals surface area contributed by atoms with Crippen LogP contribution in [0.25, 0.3) is 0 Å². The highest BCUT2D eigenvalue weighted by atomic mass is 32.1. The number of carbonyl (C=O) groups excluding carboxylic acids is 1. The lowest BCUT2D eigenvalue weighted by molar-refractivity contribution is -0.183. The second-order valence-electron chi connectivity index (χ2n) is 5.54. The van der Waals surface area contributed by atoms with Crippen LogP contribution in [0, 0.1) is 5.92 Å². The molecule has 0 aromatic carbocycles. The van der Waals surface area contributed by atoms with Crippen molar-refractivity contribution in [2.24, 2.45) is 5.92 Å². The second kappa shape index (κ2) is 6.68. The van der Waals surface area contributed by atoms with Gasteiger partial charge >= 0.3 is 12.2 Å². The smallest absolute Gasteiger partial charge is 0.335 e. The van der Waals surface area contributed by atoms with Crippen LogP contribution in [0.15, 0.2) is 16.8 Å². The summed E-state index contributed by atoms with van der Waals surface area (Å²) in [6.45, 7) is 0.463. The first-order valence-corrected chi connectivity index (χ1v) is 7.90. The van der Waals surface area contributed by atoms with Gasteiger partial charge in [0, 0.05) is 19.6 Å². The van der Waals surface area contributed by atoms with Gasteiger partial charge in [0.15, 0.2) is 0 Å². The summed E-state index contributed by atoms with van der Waals surface area (Å²) in [6.07, 6.45) is -2.89. The number of urea groups is 1. The molecule has 0 saturated heterocycles. The molecule has 1 aromatic heterocycles. The molecule has 3 nitrogen and oxygen atoms in total. The summed E-state index contributed by atoms with van der Waals surface area (Å²) < 4.78 is 38.2. The average Bonchev–Trinajstić information content (AvgIpc) is 2.91. The van der Waals surface area contributed by atoms with Crippen molar-refractivity contribution >= 4 is 17.4 Å². The van der Waals surface area contributed by atoms with Crippen LogP contribution in [0.3, 0.4) is 0 Å². The van der Waals surface area contributed by atoms with Crippen LogP contribution in [0.2, 0.25) is 0 Å². The van der Waals surface area contributed by atoms with Gasteiger partial charge in [-0.1, -0.05) is 6.42 Å². The van der Waals surface area contributed by atoms with Gasteiger partial charge in [0.05, 0.1) is 5.92 Å². The molecule has 7 heteroatoms. The number of thiophene rings is 1. The van der Waals surface area contributed by atoms with Gasteiger partial charge in [-0.15, -0.1) is 0 Å². The van der Waals surface area contributed by atoms with Crippen LogP contribution in [0.5, 0.6) is 0 Å². The maximum absolute atomic E-state index is 12.7. The van der Waals surface area contributed by atoms with E-state index >= 15 is 0 Å². The molecule has 1 heterocycles. The zero-order valence-electron chi connectivity index (χ0n) is 11.8. The lowest BCUT2D eigenvalue weighted by Gasteiger charge is -2.32. The highest BCUT2D eigenvalue weighted by Crippen LogP contribution is 2.37. The molecule has 1 aliphatic rings. The fourth-order valence-corrected chi connectivity index (χ4v) is 3.29. The molecule has 1 aromatic rings. The van der Waals surface area contributed by atoms with E-state index in [1.807, 2.05) is 16.8 Å². The molecule has 21 heavy (non-hydrogen) atoms. The Kier molecular flexibility index (Phi) is 5.13. The second-order valence-corrected chi connectivity index (χ2v) is 6.32. The summed E-state index contributed by atoms with van der Waals surface area (Å²) in [5.74, 6) is -1.29. The molecule has 2 amide bonds. The van der Waals surface area contributed by atoms with Gasteiger partial charge < -0.3 is 10.2 Å². The number of nitrogens with zero attached hydrogens (tertiary/aromatic N) is 1. The monoisotopic (exact) mass is 320 g/mol. The van der Waals surface area contributed by atoms with E-state index in [-0.39, 0.29) is 24.9 Å². The maximum Gasteiger partial charge on any atom is 0.391 e. The lowest BCUT2D eigenvalue weighted by Crippen LogP contribution is -2.46. The summed E-state index contributed by atoms with van der Waals surface area (Å²) in [5, 5.41) is 6.60. The lowest BCUT2D eigenvalue weighted by atomic mass is 9.85. The molecule has 0 radical (unpaired) electrons. The van der Waals surface area contributed by atoms with Crippen molar-refractivity contribution in [1.29, 1.82) is 0 Å². The van der Waals surface area contributed by atoms with Gasteiger partial charge in [-0.25, -0.2) is 4.79 Å². The van der Waals surface area contributed by atoms with E-state index in [2.05, 4.69) is 5.32 Å². The fourth-order valence-electron chi connectivity index (χ4n) is 2.63. The van der Waals surface area contributed by atoms with Crippen molar-refractivity contribution in [1.82, 2.24) is 10.2 Å². The third-order valence-corrected chi connectivity index (χ3v) is 4.54. The van der Waals surface area contributed by atoms with E-state index in [0.29, 0.717) is 19.4 Å². The largest absolute Gasteiger partial charge is 0.391 e. The van der Waals surface area contributed by atoms with E-state index in [9.17, 15) is 18.0 Å². The fraction of sp³-hybridized carbons (Fsp3) is 0.643. The Morgan fingerprint density at radius 1 is 1.48 bits per heavy atom. The van der Waals surface area contributed by atoms with Crippen LogP contribution >= 0.6 is 11.3 Å². The maximum atomic E-state index is 12.7. The minimum Gasteiger partial charge on any atom is -0.335 e. The number of hydrogen-bond acceptors (Lipinski definition) is 2. The SMILES string of the molecule is CN(Cc1ccsc1)C(=O)N[C@@H]1CCC[C@@H](C(F)(F)F)C1. The Balaban J connectivity index is 1.84. The zero-order valence-corrected chi connectivity index (χ0v) is 12.6. The third kappa shape index (κ3) is 4.62. The van der Waals surface area contributed by atoms with E-state index in [4.69, 9.17) is 0 Å². The van der Waals surface area contributed by atoms with Gasteiger partial charge in [0.1, 0.15) is 0 Å². The summed E-state index contributed by atoms with van der Waals surface area (Å²) in [7, 11) is 1.65. The minimum absolute atomic E-state index is 0.0124. The molecule has 0 unspecified atom stereocenters. The van der Waals surface area contributed by atoms with Crippen LogP contribution in [0.1, 0.15) is 31.2 Å². The summed E-state index contributed by atoms with van der Waals surface area (Å²) in [5.41, 5.74) is 1.02. The molecule has 1 saturated carbocycles. The molecular formula is C14H19F3N2OS. The summed E-state index contributed by atoms with van der Waals surface area (Å²) in [6, 6.07) is 1.23. The van der Waals surface area contributed by atoms with Gasteiger partial charge in [-0.2, -0.15) is 24.5 Å². The van der Waals surface area contributed by atoms with Crippen LogP contribution in [-0.2, 0) is 6.54 Å². The number of hydrogen-bond donors (Lipinski definition) is 1. The Hall–Kier alpha value is -1.24. The normalized spacial score (nSPS) is 22.9. The van der Waals surface area contributed by atoms with Gasteiger partial charge in [0.2, 0.25) is 0 Å². The first-order valence-electron chi connectivity index (χ1n) is 6.95. The molecule has 118 valence electrons. The van der Waals surface area contributed by atoms with Gasteiger partial charge in [-0.05, 0) is 41.7 Å². The van der Waals surface area contributed by atoms with E-state index < -0.39 is 12.1 Å². The van der Waals surface area contributed by atoms with Crippen LogP contribution < -0.4 is 5.32 Å². The van der Waals surface area contributed by atoms with Crippen LogP contribution in [0.4, 0.5) is 18.0 Å². The predicted octanol–water partition coefficient (Wildman–Crippen LogP) is 4.01. The molecule has 1 aliphatic carbocycles. The molecule has 2 rings (SSSR count). The van der Waals surface area contributed by atoms with Crippen molar-refractivity contribution < 1.29 is 18.0 Å². The van der Waals surface area contributed by atoms with Crippen molar-refractivity contribution in [3.05, 3.63) is 22.4 Å². The summed E-state index contributed by atoms with van der Waals surface area (Å²) in [4.78, 5) is 13.5. The third-order valence-electron chi connectivity index (χ3n) is 3.81. The van der Waals surface area contributed by atoms with Gasteiger partial charge in [-0.3, -0.25) is 0 Å². The molecule has 0 spiro atoms. The number of halogens is 3. The van der Waals surface area contributed by atoms with Crippen molar-refractivity contribution in [2.75, 3.05) is 7.05 Å². The number of rotatable bonds is 3. The van der Waals surface area contributed by atoms with Crippen molar-refractivity contribution in [3.63, 3.8) is 0 Å². The molecule has 1 fully saturated rings. The molecule has 2 atom stereocenters. The molecular weight excluding hydrogens is 301 g/mol. The number of nitrogens with one attached hydrogen (secondary N) is 1. The molecule has 1 N–H and O–H groups in total. The topological polar surface area (TPSA) is 32.3 Å². The van der Waals surface area contributed by atoms with E-state index in [0.717, 1.165) is 5.56 Å². The number of alkyl halides is 3. The average molecular weight is 320 g/mol. The highest BCUT2D eigenvalue weighted by Gasteiger charge is 2.42. The quantitative estimate of drug-likeness (QED) is 0.896. The Morgan fingerprint density at radius 2 is 2.24 bits per heavy atom. The standard InChI is InChI=1S/C14H19F3N2OS/c1-19(8-10-5-6-21-9-10)13(20)18-12-4-2-3-11(7-12)14(15,16)17/h5-6,9,11-12H,2-4,7-8H2,1H3,(H,18,20)/t11-,12-/m1/s1. The molecule has 0 aliphatic heterocycles. The Bertz CT molecular complexity index is 461. The van der Waals surface area contributed by atoms with Crippen LogP contribution in [-0.4, -0.2) is 30.2 Å². The summed E-state index contributed by atoms with van der Waals surface area (Å²) >= 11 is 1.55. The van der Waals surface area contributed by atoms with Crippen molar-refractivity contribution in [2.45, 2.75) is 44.4 Å².